The summed E-state index contributed by atoms with van der Waals surface area (Å²) in [5.41, 5.74) is 1.77. The summed E-state index contributed by atoms with van der Waals surface area (Å²) in [5, 5.41) is 0.801. The summed E-state index contributed by atoms with van der Waals surface area (Å²) in [6.45, 7) is 1.95. The molecule has 0 amide bonds. The number of rotatable bonds is 0. The van der Waals surface area contributed by atoms with Crippen molar-refractivity contribution in [3.8, 4) is 0 Å². The zero-order valence-corrected chi connectivity index (χ0v) is 6.63. The molecule has 0 aliphatic carbocycles. The van der Waals surface area contributed by atoms with Crippen LogP contribution in [0.5, 0.6) is 0 Å². The molecule has 1 aromatic heterocycles. The number of aromatic nitrogens is 1. The van der Waals surface area contributed by atoms with E-state index < -0.39 is 0 Å². The summed E-state index contributed by atoms with van der Waals surface area (Å²) in [4.78, 5) is 3.89. The first kappa shape index (κ1) is 7.22. The van der Waals surface area contributed by atoms with Crippen molar-refractivity contribution in [2.24, 2.45) is 0 Å². The Morgan fingerprint density at radius 2 is 2.25 bits per heavy atom. The molecule has 0 unspecified atom stereocenters. The Balaban J connectivity index is 2.80. The van der Waals surface area contributed by atoms with Crippen LogP contribution in [0.1, 0.15) is 5.56 Å². The van der Waals surface area contributed by atoms with Gasteiger partial charge in [-0.3, -0.25) is 4.98 Å². The molecule has 1 aromatic carbocycles. The third kappa shape index (κ3) is 1.16. The zero-order chi connectivity index (χ0) is 8.55. The van der Waals surface area contributed by atoms with Gasteiger partial charge in [0.05, 0.1) is 11.7 Å². The molecular formula is C10H7FN. The van der Waals surface area contributed by atoms with Gasteiger partial charge in [0.25, 0.3) is 0 Å². The van der Waals surface area contributed by atoms with Crippen molar-refractivity contribution in [1.29, 1.82) is 0 Å². The third-order valence-electron chi connectivity index (χ3n) is 1.70. The number of benzene rings is 1. The van der Waals surface area contributed by atoms with Crippen LogP contribution >= 0.6 is 0 Å². The average Bonchev–Trinajstić information content (AvgIpc) is 2.03. The zero-order valence-electron chi connectivity index (χ0n) is 6.63. The summed E-state index contributed by atoms with van der Waals surface area (Å²) in [5.74, 6) is -0.304. The van der Waals surface area contributed by atoms with Crippen molar-refractivity contribution in [2.45, 2.75) is 6.92 Å². The largest absolute Gasteiger partial charge is 0.253 e. The normalized spacial score (nSPS) is 10.5. The first-order valence-corrected chi connectivity index (χ1v) is 3.69. The first-order chi connectivity index (χ1) is 5.75. The van der Waals surface area contributed by atoms with Gasteiger partial charge in [0.1, 0.15) is 5.82 Å². The van der Waals surface area contributed by atoms with E-state index in [0.29, 0.717) is 5.52 Å². The number of pyridine rings is 1. The molecule has 1 nitrogen and oxygen atoms in total. The fourth-order valence-electron chi connectivity index (χ4n) is 1.15. The van der Waals surface area contributed by atoms with Crippen molar-refractivity contribution in [3.63, 3.8) is 0 Å². The highest BCUT2D eigenvalue weighted by Crippen LogP contribution is 2.13. The van der Waals surface area contributed by atoms with E-state index in [1.807, 2.05) is 19.1 Å². The van der Waals surface area contributed by atoms with Crippen LogP contribution in [-0.4, -0.2) is 4.98 Å². The first-order valence-electron chi connectivity index (χ1n) is 3.69. The number of hydrogen-bond acceptors (Lipinski definition) is 1. The Bertz CT molecular complexity index is 386. The number of aryl methyl sites for hydroxylation is 1. The lowest BCUT2D eigenvalue weighted by Crippen LogP contribution is -1.82. The molecule has 0 N–H and O–H groups in total. The fraction of sp³-hybridized carbons (Fsp3) is 0.100. The quantitative estimate of drug-likeness (QED) is 0.577. The standard InChI is InChI=1S/C10H7FN/c1-7-2-3-10-8(4-7)5-9(11)6-12-10/h2,4-6H,1H3. The minimum atomic E-state index is -0.304. The summed E-state index contributed by atoms with van der Waals surface area (Å²) < 4.78 is 12.7. The van der Waals surface area contributed by atoms with Crippen molar-refractivity contribution < 1.29 is 4.39 Å². The molecule has 2 rings (SSSR count). The fourth-order valence-corrected chi connectivity index (χ4v) is 1.15. The van der Waals surface area contributed by atoms with Crippen LogP contribution in [-0.2, 0) is 0 Å². The summed E-state index contributed by atoms with van der Waals surface area (Å²) in [7, 11) is 0. The molecule has 2 aromatic rings. The summed E-state index contributed by atoms with van der Waals surface area (Å²) >= 11 is 0. The van der Waals surface area contributed by atoms with E-state index in [1.54, 1.807) is 0 Å². The Kier molecular flexibility index (Phi) is 1.54. The highest BCUT2D eigenvalue weighted by molar-refractivity contribution is 5.78. The Labute approximate surface area is 69.9 Å². The highest BCUT2D eigenvalue weighted by atomic mass is 19.1. The molecule has 0 aliphatic heterocycles. The molecule has 0 bridgehead atoms. The summed E-state index contributed by atoms with van der Waals surface area (Å²) in [6, 6.07) is 8.16. The van der Waals surface area contributed by atoms with Gasteiger partial charge in [-0.15, -0.1) is 0 Å². The van der Waals surface area contributed by atoms with Crippen molar-refractivity contribution in [1.82, 2.24) is 4.98 Å². The lowest BCUT2D eigenvalue weighted by molar-refractivity contribution is 0.624. The molecule has 0 saturated carbocycles. The van der Waals surface area contributed by atoms with Gasteiger partial charge in [-0.1, -0.05) is 0 Å². The van der Waals surface area contributed by atoms with Crippen LogP contribution in [0.4, 0.5) is 4.39 Å². The van der Waals surface area contributed by atoms with Crippen molar-refractivity contribution in [2.75, 3.05) is 0 Å². The van der Waals surface area contributed by atoms with Crippen LogP contribution in [0.15, 0.2) is 24.4 Å². The van der Waals surface area contributed by atoms with Gasteiger partial charge in [-0.25, -0.2) is 4.39 Å². The van der Waals surface area contributed by atoms with Gasteiger partial charge in [0.15, 0.2) is 0 Å². The Morgan fingerprint density at radius 3 is 3.08 bits per heavy atom. The van der Waals surface area contributed by atoms with Crippen LogP contribution in [0.25, 0.3) is 10.9 Å². The van der Waals surface area contributed by atoms with Gasteiger partial charge in [0.2, 0.25) is 0 Å². The molecule has 1 radical (unpaired) electrons. The maximum atomic E-state index is 12.7. The minimum absolute atomic E-state index is 0.304. The van der Waals surface area contributed by atoms with Gasteiger partial charge < -0.3 is 0 Å². The summed E-state index contributed by atoms with van der Waals surface area (Å²) in [6.07, 6.45) is 1.20. The number of hydrogen-bond donors (Lipinski definition) is 0. The SMILES string of the molecule is Cc1c[c]c2ncc(F)cc2c1. The molecule has 59 valence electrons. The second-order valence-corrected chi connectivity index (χ2v) is 2.77. The van der Waals surface area contributed by atoms with E-state index in [0.717, 1.165) is 10.9 Å². The third-order valence-corrected chi connectivity index (χ3v) is 1.70. The van der Waals surface area contributed by atoms with Crippen molar-refractivity contribution in [3.05, 3.63) is 41.8 Å². The Morgan fingerprint density at radius 1 is 1.42 bits per heavy atom. The van der Waals surface area contributed by atoms with Crippen LogP contribution < -0.4 is 0 Å². The van der Waals surface area contributed by atoms with Gasteiger partial charge in [-0.05, 0) is 30.7 Å². The predicted octanol–water partition coefficient (Wildman–Crippen LogP) is 2.48. The molecule has 1 heterocycles. The van der Waals surface area contributed by atoms with E-state index in [2.05, 4.69) is 11.1 Å². The molecular weight excluding hydrogens is 153 g/mol. The van der Waals surface area contributed by atoms with E-state index in [4.69, 9.17) is 0 Å². The lowest BCUT2D eigenvalue weighted by atomic mass is 10.1. The molecule has 0 atom stereocenters. The number of fused-ring (bicyclic) bond motifs is 1. The predicted molar refractivity (Wildman–Crippen MR) is 45.3 cm³/mol. The van der Waals surface area contributed by atoms with E-state index >= 15 is 0 Å². The number of halogens is 1. The number of nitrogens with zero attached hydrogens (tertiary/aromatic N) is 1. The Hall–Kier alpha value is -1.44. The molecule has 2 heteroatoms. The smallest absolute Gasteiger partial charge is 0.142 e. The van der Waals surface area contributed by atoms with Gasteiger partial charge in [-0.2, -0.15) is 0 Å². The van der Waals surface area contributed by atoms with Crippen LogP contribution in [0, 0.1) is 18.8 Å². The molecule has 0 saturated heterocycles. The lowest BCUT2D eigenvalue weighted by Gasteiger charge is -1.96. The van der Waals surface area contributed by atoms with Crippen LogP contribution in [0.2, 0.25) is 0 Å². The molecule has 0 spiro atoms. The van der Waals surface area contributed by atoms with Gasteiger partial charge in [0, 0.05) is 11.5 Å². The molecule has 0 fully saturated rings. The molecule has 0 aliphatic rings. The highest BCUT2D eigenvalue weighted by Gasteiger charge is 1.96. The van der Waals surface area contributed by atoms with Gasteiger partial charge >= 0.3 is 0 Å². The maximum absolute atomic E-state index is 12.7. The minimum Gasteiger partial charge on any atom is -0.253 e. The average molecular weight is 160 g/mol. The second-order valence-electron chi connectivity index (χ2n) is 2.77. The van der Waals surface area contributed by atoms with Crippen LogP contribution in [0.3, 0.4) is 0 Å². The topological polar surface area (TPSA) is 12.9 Å². The van der Waals surface area contributed by atoms with E-state index in [-0.39, 0.29) is 5.82 Å². The van der Waals surface area contributed by atoms with E-state index in [1.165, 1.54) is 12.3 Å². The molecule has 12 heavy (non-hydrogen) atoms. The van der Waals surface area contributed by atoms with Crippen molar-refractivity contribution >= 4 is 10.9 Å². The second kappa shape index (κ2) is 2.55. The maximum Gasteiger partial charge on any atom is 0.142 e. The monoisotopic (exact) mass is 160 g/mol. The van der Waals surface area contributed by atoms with E-state index in [9.17, 15) is 4.39 Å².